The van der Waals surface area contributed by atoms with Crippen LogP contribution < -0.4 is 5.32 Å². The van der Waals surface area contributed by atoms with Crippen molar-refractivity contribution in [3.05, 3.63) is 58.8 Å². The van der Waals surface area contributed by atoms with Crippen molar-refractivity contribution in [1.29, 1.82) is 0 Å². The minimum Gasteiger partial charge on any atom is -0.462 e. The highest BCUT2D eigenvalue weighted by Gasteiger charge is 2.15. The lowest BCUT2D eigenvalue weighted by atomic mass is 10.2. The fourth-order valence-corrected chi connectivity index (χ4v) is 3.19. The van der Waals surface area contributed by atoms with Gasteiger partial charge in [-0.2, -0.15) is 0 Å². The number of esters is 1. The molecule has 0 saturated carbocycles. The van der Waals surface area contributed by atoms with Crippen molar-refractivity contribution in [3.8, 4) is 10.8 Å². The van der Waals surface area contributed by atoms with Gasteiger partial charge in [0.2, 0.25) is 11.8 Å². The molecule has 1 N–H and O–H groups in total. The number of rotatable bonds is 8. The van der Waals surface area contributed by atoms with E-state index in [1.807, 2.05) is 24.4 Å². The Labute approximate surface area is 167 Å². The molecule has 0 bridgehead atoms. The van der Waals surface area contributed by atoms with Gasteiger partial charge in [-0.3, -0.25) is 4.79 Å². The molecule has 7 heteroatoms. The fourth-order valence-electron chi connectivity index (χ4n) is 2.54. The van der Waals surface area contributed by atoms with Crippen LogP contribution in [0.5, 0.6) is 0 Å². The third-order valence-corrected chi connectivity index (χ3v) is 4.95. The summed E-state index contributed by atoms with van der Waals surface area (Å²) in [5.74, 6) is 0.600. The number of unbranched alkanes of at least 4 members (excludes halogenated alkanes) is 1. The number of oxazole rings is 1. The summed E-state index contributed by atoms with van der Waals surface area (Å²) in [5.41, 5.74) is 1.67. The van der Waals surface area contributed by atoms with Gasteiger partial charge in [0.05, 0.1) is 29.2 Å². The average molecular weight is 398 g/mol. The number of carbonyl (C=O) groups is 2. The average Bonchev–Trinajstić information content (AvgIpc) is 3.33. The predicted octanol–water partition coefficient (Wildman–Crippen LogP) is 4.85. The number of ether oxygens (including phenoxy) is 1. The Morgan fingerprint density at radius 2 is 2.00 bits per heavy atom. The minimum absolute atomic E-state index is 0.113. The normalized spacial score (nSPS) is 10.6. The molecule has 146 valence electrons. The lowest BCUT2D eigenvalue weighted by Crippen LogP contribution is -2.15. The van der Waals surface area contributed by atoms with Crippen molar-refractivity contribution < 1.29 is 18.7 Å². The first-order valence-electron chi connectivity index (χ1n) is 9.14. The van der Waals surface area contributed by atoms with Crippen molar-refractivity contribution in [2.45, 2.75) is 33.1 Å². The maximum absolute atomic E-state index is 12.3. The highest BCUT2D eigenvalue weighted by Crippen LogP contribution is 2.26. The Balaban J connectivity index is 1.57. The van der Waals surface area contributed by atoms with Gasteiger partial charge in [-0.1, -0.05) is 19.4 Å². The second-order valence-electron chi connectivity index (χ2n) is 6.29. The minimum atomic E-state index is -0.356. The van der Waals surface area contributed by atoms with Crippen molar-refractivity contribution in [2.24, 2.45) is 0 Å². The zero-order valence-corrected chi connectivity index (χ0v) is 16.7. The highest BCUT2D eigenvalue weighted by molar-refractivity contribution is 7.13. The number of benzene rings is 1. The van der Waals surface area contributed by atoms with E-state index in [9.17, 15) is 9.59 Å². The topological polar surface area (TPSA) is 81.4 Å². The molecule has 6 nitrogen and oxygen atoms in total. The van der Waals surface area contributed by atoms with Crippen LogP contribution in [-0.2, 0) is 16.0 Å². The van der Waals surface area contributed by atoms with E-state index in [0.717, 1.165) is 17.7 Å². The molecule has 0 saturated heterocycles. The molecule has 0 aliphatic rings. The summed E-state index contributed by atoms with van der Waals surface area (Å²) >= 11 is 1.53. The number of nitrogens with zero attached hydrogens (tertiary/aromatic N) is 1. The van der Waals surface area contributed by atoms with Crippen molar-refractivity contribution in [3.63, 3.8) is 0 Å². The van der Waals surface area contributed by atoms with Gasteiger partial charge < -0.3 is 14.5 Å². The van der Waals surface area contributed by atoms with Crippen LogP contribution in [0, 0.1) is 6.92 Å². The molecular formula is C21H22N2O4S. The number of anilines is 1. The van der Waals surface area contributed by atoms with Gasteiger partial charge in [0, 0.05) is 5.69 Å². The van der Waals surface area contributed by atoms with Crippen molar-refractivity contribution >= 4 is 28.9 Å². The molecule has 28 heavy (non-hydrogen) atoms. The number of aromatic nitrogens is 1. The number of nitrogens with one attached hydrogen (secondary N) is 1. The number of hydrogen-bond acceptors (Lipinski definition) is 6. The number of thiophene rings is 1. The van der Waals surface area contributed by atoms with Crippen LogP contribution in [0.2, 0.25) is 0 Å². The van der Waals surface area contributed by atoms with E-state index in [0.29, 0.717) is 35.2 Å². The van der Waals surface area contributed by atoms with Crippen LogP contribution in [0.15, 0.2) is 46.2 Å². The molecule has 2 heterocycles. The van der Waals surface area contributed by atoms with Crippen LogP contribution >= 0.6 is 11.3 Å². The SMILES string of the molecule is CCCCOC(=O)c1ccc(NC(=O)Cc2nc(-c3cccs3)oc2C)cc1. The van der Waals surface area contributed by atoms with Crippen LogP contribution in [0.1, 0.15) is 41.6 Å². The predicted molar refractivity (Wildman–Crippen MR) is 109 cm³/mol. The quantitative estimate of drug-likeness (QED) is 0.433. The maximum atomic E-state index is 12.3. The third kappa shape index (κ3) is 5.07. The Bertz CT molecular complexity index is 930. The summed E-state index contributed by atoms with van der Waals surface area (Å²) in [6, 6.07) is 10.5. The number of hydrogen-bond donors (Lipinski definition) is 1. The molecular weight excluding hydrogens is 376 g/mol. The molecule has 0 atom stereocenters. The first-order valence-corrected chi connectivity index (χ1v) is 10.0. The van der Waals surface area contributed by atoms with Crippen molar-refractivity contribution in [1.82, 2.24) is 4.98 Å². The molecule has 1 aromatic carbocycles. The molecule has 3 aromatic rings. The smallest absolute Gasteiger partial charge is 0.338 e. The fraction of sp³-hybridized carbons (Fsp3) is 0.286. The van der Waals surface area contributed by atoms with E-state index in [1.54, 1.807) is 31.2 Å². The van der Waals surface area contributed by atoms with E-state index < -0.39 is 0 Å². The van der Waals surface area contributed by atoms with Gasteiger partial charge in [-0.15, -0.1) is 11.3 Å². The monoisotopic (exact) mass is 398 g/mol. The molecule has 2 aromatic heterocycles. The van der Waals surface area contributed by atoms with E-state index in [-0.39, 0.29) is 18.3 Å². The molecule has 0 aliphatic carbocycles. The van der Waals surface area contributed by atoms with Gasteiger partial charge in [0.25, 0.3) is 0 Å². The van der Waals surface area contributed by atoms with E-state index in [2.05, 4.69) is 10.3 Å². The Morgan fingerprint density at radius 1 is 1.21 bits per heavy atom. The maximum Gasteiger partial charge on any atom is 0.338 e. The van der Waals surface area contributed by atoms with Crippen LogP contribution in [0.25, 0.3) is 10.8 Å². The van der Waals surface area contributed by atoms with Crippen molar-refractivity contribution in [2.75, 3.05) is 11.9 Å². The van der Waals surface area contributed by atoms with E-state index in [1.165, 1.54) is 11.3 Å². The highest BCUT2D eigenvalue weighted by atomic mass is 32.1. The zero-order valence-electron chi connectivity index (χ0n) is 15.9. The largest absolute Gasteiger partial charge is 0.462 e. The second kappa shape index (κ2) is 9.32. The molecule has 0 fully saturated rings. The first kappa shape index (κ1) is 19.8. The van der Waals surface area contributed by atoms with Gasteiger partial charge in [0.1, 0.15) is 5.76 Å². The standard InChI is InChI=1S/C21H22N2O4S/c1-3-4-11-26-21(25)15-7-9-16(10-8-15)22-19(24)13-17-14(2)27-20(23-17)18-6-5-12-28-18/h5-10,12H,3-4,11,13H2,1-2H3,(H,22,24). The number of amides is 1. The molecule has 0 unspecified atom stereocenters. The van der Waals surface area contributed by atoms with E-state index >= 15 is 0 Å². The van der Waals surface area contributed by atoms with Crippen LogP contribution in [-0.4, -0.2) is 23.5 Å². The first-order chi connectivity index (χ1) is 13.6. The number of aryl methyl sites for hydroxylation is 1. The summed E-state index contributed by atoms with van der Waals surface area (Å²) in [5, 5.41) is 4.76. The summed E-state index contributed by atoms with van der Waals surface area (Å²) < 4.78 is 10.8. The van der Waals surface area contributed by atoms with Crippen LogP contribution in [0.4, 0.5) is 5.69 Å². The lowest BCUT2D eigenvalue weighted by molar-refractivity contribution is -0.115. The summed E-state index contributed by atoms with van der Waals surface area (Å²) in [6.07, 6.45) is 1.93. The molecule has 0 aliphatic heterocycles. The molecule has 1 amide bonds. The molecule has 0 spiro atoms. The van der Waals surface area contributed by atoms with E-state index in [4.69, 9.17) is 9.15 Å². The van der Waals surface area contributed by atoms with Gasteiger partial charge in [0.15, 0.2) is 0 Å². The van der Waals surface area contributed by atoms with Gasteiger partial charge in [-0.25, -0.2) is 9.78 Å². The zero-order chi connectivity index (χ0) is 19.9. The third-order valence-electron chi connectivity index (χ3n) is 4.09. The van der Waals surface area contributed by atoms with Gasteiger partial charge in [-0.05, 0) is 49.1 Å². The summed E-state index contributed by atoms with van der Waals surface area (Å²) in [7, 11) is 0. The Morgan fingerprint density at radius 3 is 2.68 bits per heavy atom. The van der Waals surface area contributed by atoms with Gasteiger partial charge >= 0.3 is 5.97 Å². The second-order valence-corrected chi connectivity index (χ2v) is 7.24. The lowest BCUT2D eigenvalue weighted by Gasteiger charge is -2.06. The molecule has 0 radical (unpaired) electrons. The Hall–Kier alpha value is -2.93. The van der Waals surface area contributed by atoms with Crippen LogP contribution in [0.3, 0.4) is 0 Å². The molecule has 3 rings (SSSR count). The number of carbonyl (C=O) groups excluding carboxylic acids is 2. The Kier molecular flexibility index (Phi) is 6.60. The summed E-state index contributed by atoms with van der Waals surface area (Å²) in [6.45, 7) is 4.25. The summed E-state index contributed by atoms with van der Waals surface area (Å²) in [4.78, 5) is 29.6.